The number of hydrogen-bond donors (Lipinski definition) is 2. The highest BCUT2D eigenvalue weighted by Gasteiger charge is 2.38. The first-order valence-corrected chi connectivity index (χ1v) is 11.6. The summed E-state index contributed by atoms with van der Waals surface area (Å²) in [4.78, 5) is 26.5. The molecule has 1 aliphatic heterocycles. The van der Waals surface area contributed by atoms with Crippen LogP contribution < -0.4 is 21.0 Å². The van der Waals surface area contributed by atoms with Crippen LogP contribution in [0.2, 0.25) is 5.02 Å². The van der Waals surface area contributed by atoms with Crippen LogP contribution in [0, 0.1) is 0 Å². The van der Waals surface area contributed by atoms with Gasteiger partial charge in [-0.2, -0.15) is 4.98 Å². The lowest BCUT2D eigenvalue weighted by atomic mass is 10.1. The Morgan fingerprint density at radius 1 is 1.33 bits per heavy atom. The van der Waals surface area contributed by atoms with E-state index in [1.54, 1.807) is 6.07 Å². The van der Waals surface area contributed by atoms with Gasteiger partial charge in [0, 0.05) is 12.6 Å². The van der Waals surface area contributed by atoms with E-state index in [2.05, 4.69) is 10.1 Å². The van der Waals surface area contributed by atoms with Gasteiger partial charge >= 0.3 is 14.2 Å². The number of aldehydes is 1. The largest absolute Gasteiger partial charge is 0.436 e. The topological polar surface area (TPSA) is 118 Å². The predicted octanol–water partition coefficient (Wildman–Crippen LogP) is 3.37. The van der Waals surface area contributed by atoms with Gasteiger partial charge in [0.1, 0.15) is 36.4 Å². The Morgan fingerprint density at radius 3 is 2.91 bits per heavy atom. The molecule has 0 amide bonds. The van der Waals surface area contributed by atoms with Crippen molar-refractivity contribution in [1.29, 1.82) is 0 Å². The molecular formula is C21H21ClFN4O5P. The Bertz CT molecular complexity index is 1200. The molecule has 1 aliphatic rings. The van der Waals surface area contributed by atoms with Crippen molar-refractivity contribution in [1.82, 2.24) is 14.6 Å². The number of carbonyl (C=O) groups is 1. The van der Waals surface area contributed by atoms with Crippen LogP contribution >= 0.6 is 20.1 Å². The molecule has 0 radical (unpaired) electrons. The Labute approximate surface area is 194 Å². The quantitative estimate of drug-likeness (QED) is 0.343. The fourth-order valence-electron chi connectivity index (χ4n) is 3.35. The third-order valence-corrected chi connectivity index (χ3v) is 6.47. The van der Waals surface area contributed by atoms with Gasteiger partial charge in [-0.25, -0.2) is 14.3 Å². The normalized spacial score (nSPS) is 21.2. The monoisotopic (exact) mass is 494 g/mol. The number of halogens is 2. The SMILES string of the molecule is Nc1nc(=O)n(C2CC(F)C(COP(NCC=O)Oc3ccc4ccccc4c3)O2)cc1Cl. The molecule has 2 aromatic carbocycles. The van der Waals surface area contributed by atoms with Gasteiger partial charge < -0.3 is 24.3 Å². The summed E-state index contributed by atoms with van der Waals surface area (Å²) in [5.41, 5.74) is 4.83. The van der Waals surface area contributed by atoms with Gasteiger partial charge in [-0.1, -0.05) is 41.9 Å². The van der Waals surface area contributed by atoms with Crippen LogP contribution in [-0.2, 0) is 14.1 Å². The second-order valence-corrected chi connectivity index (χ2v) is 8.91. The predicted molar refractivity (Wildman–Crippen MR) is 123 cm³/mol. The number of carbonyl (C=O) groups excluding carboxylic acids is 1. The van der Waals surface area contributed by atoms with E-state index in [9.17, 15) is 14.0 Å². The lowest BCUT2D eigenvalue weighted by Crippen LogP contribution is -2.28. The fourth-order valence-corrected chi connectivity index (χ4v) is 4.52. The van der Waals surface area contributed by atoms with Crippen LogP contribution in [0.1, 0.15) is 12.6 Å². The number of rotatable bonds is 9. The first-order valence-electron chi connectivity index (χ1n) is 10.0. The van der Waals surface area contributed by atoms with Crippen molar-refractivity contribution < 1.29 is 23.0 Å². The summed E-state index contributed by atoms with van der Waals surface area (Å²) in [7, 11) is -1.76. The summed E-state index contributed by atoms with van der Waals surface area (Å²) in [5, 5.41) is 4.95. The van der Waals surface area contributed by atoms with Gasteiger partial charge in [0.05, 0.1) is 18.2 Å². The number of nitrogens with zero attached hydrogens (tertiary/aromatic N) is 2. The number of alkyl halides is 1. The van der Waals surface area contributed by atoms with Crippen molar-refractivity contribution in [3.8, 4) is 5.75 Å². The molecule has 12 heteroatoms. The van der Waals surface area contributed by atoms with Crippen LogP contribution in [-0.4, -0.2) is 41.3 Å². The lowest BCUT2D eigenvalue weighted by molar-refractivity contribution is -0.106. The zero-order valence-corrected chi connectivity index (χ0v) is 18.9. The second kappa shape index (κ2) is 10.5. The summed E-state index contributed by atoms with van der Waals surface area (Å²) in [5.74, 6) is 0.430. The van der Waals surface area contributed by atoms with Crippen LogP contribution in [0.5, 0.6) is 5.75 Å². The second-order valence-electron chi connectivity index (χ2n) is 7.23. The van der Waals surface area contributed by atoms with Crippen molar-refractivity contribution in [2.75, 3.05) is 18.9 Å². The molecule has 33 heavy (non-hydrogen) atoms. The number of nitrogens with two attached hydrogens (primary N) is 1. The van der Waals surface area contributed by atoms with E-state index in [0.717, 1.165) is 15.3 Å². The van der Waals surface area contributed by atoms with E-state index in [1.807, 2.05) is 36.4 Å². The minimum atomic E-state index is -1.76. The molecule has 0 saturated carbocycles. The number of anilines is 1. The maximum Gasteiger partial charge on any atom is 0.351 e. The molecule has 4 atom stereocenters. The van der Waals surface area contributed by atoms with Crippen molar-refractivity contribution in [2.24, 2.45) is 0 Å². The minimum absolute atomic E-state index is 0.00249. The highest BCUT2D eigenvalue weighted by molar-refractivity contribution is 7.45. The smallest absolute Gasteiger partial charge is 0.351 e. The zero-order valence-electron chi connectivity index (χ0n) is 17.3. The molecule has 174 valence electrons. The van der Waals surface area contributed by atoms with Crippen molar-refractivity contribution >= 4 is 43.0 Å². The van der Waals surface area contributed by atoms with Crippen molar-refractivity contribution in [2.45, 2.75) is 24.9 Å². The van der Waals surface area contributed by atoms with Crippen LogP contribution in [0.4, 0.5) is 10.2 Å². The van der Waals surface area contributed by atoms with Crippen molar-refractivity contribution in [3.63, 3.8) is 0 Å². The minimum Gasteiger partial charge on any atom is -0.436 e. The Balaban J connectivity index is 1.41. The maximum atomic E-state index is 14.6. The number of benzene rings is 2. The number of fused-ring (bicyclic) bond motifs is 1. The molecule has 0 spiro atoms. The first kappa shape index (κ1) is 23.5. The van der Waals surface area contributed by atoms with E-state index in [1.165, 1.54) is 6.20 Å². The first-order chi connectivity index (χ1) is 15.9. The summed E-state index contributed by atoms with van der Waals surface area (Å²) in [6.45, 7) is -0.162. The van der Waals surface area contributed by atoms with Gasteiger partial charge in [-0.15, -0.1) is 0 Å². The molecule has 1 saturated heterocycles. The third kappa shape index (κ3) is 5.66. The van der Waals surface area contributed by atoms with E-state index >= 15 is 0 Å². The molecule has 4 unspecified atom stereocenters. The molecule has 1 fully saturated rings. The Kier molecular flexibility index (Phi) is 7.52. The molecule has 3 aromatic rings. The molecule has 2 heterocycles. The fraction of sp³-hybridized carbons (Fsp3) is 0.286. The van der Waals surface area contributed by atoms with Crippen LogP contribution in [0.25, 0.3) is 10.8 Å². The summed E-state index contributed by atoms with van der Waals surface area (Å²) >= 11 is 5.93. The molecule has 4 rings (SSSR count). The van der Waals surface area contributed by atoms with Crippen LogP contribution in [0.15, 0.2) is 53.5 Å². The standard InChI is InChI=1S/C21H21ClFN4O5P/c22-16-11-27(21(29)26-20(16)24)19-10-17(23)18(31-19)12-30-33(25-7-8-28)32-15-6-5-13-3-1-2-4-14(13)9-15/h1-6,8-9,11,17-19,25H,7,10,12H2,(H2,24,26,29). The van der Waals surface area contributed by atoms with Gasteiger partial charge in [0.25, 0.3) is 0 Å². The molecule has 1 aromatic heterocycles. The average Bonchev–Trinajstić information content (AvgIpc) is 3.18. The molecule has 3 N–H and O–H groups in total. The van der Waals surface area contributed by atoms with Gasteiger partial charge in [-0.05, 0) is 22.9 Å². The molecule has 0 bridgehead atoms. The number of hydrogen-bond acceptors (Lipinski definition) is 8. The highest BCUT2D eigenvalue weighted by Crippen LogP contribution is 2.39. The summed E-state index contributed by atoms with van der Waals surface area (Å²) in [6, 6.07) is 13.3. The summed E-state index contributed by atoms with van der Waals surface area (Å²) < 4.78 is 33.0. The average molecular weight is 495 g/mol. The zero-order chi connectivity index (χ0) is 23.4. The van der Waals surface area contributed by atoms with Crippen LogP contribution in [0.3, 0.4) is 0 Å². The number of nitrogens with one attached hydrogen (secondary N) is 1. The molecule has 9 nitrogen and oxygen atoms in total. The number of aromatic nitrogens is 2. The van der Waals surface area contributed by atoms with Gasteiger partial charge in [0.15, 0.2) is 0 Å². The van der Waals surface area contributed by atoms with Crippen molar-refractivity contribution in [3.05, 3.63) is 64.2 Å². The Hall–Kier alpha value is -2.62. The maximum absolute atomic E-state index is 14.6. The van der Waals surface area contributed by atoms with Gasteiger partial charge in [-0.3, -0.25) is 4.57 Å². The van der Waals surface area contributed by atoms with E-state index in [-0.39, 0.29) is 30.4 Å². The Morgan fingerprint density at radius 2 is 2.12 bits per heavy atom. The lowest BCUT2D eigenvalue weighted by Gasteiger charge is -2.21. The molecular weight excluding hydrogens is 474 g/mol. The van der Waals surface area contributed by atoms with E-state index in [4.69, 9.17) is 31.1 Å². The van der Waals surface area contributed by atoms with Gasteiger partial charge in [0.2, 0.25) is 0 Å². The van der Waals surface area contributed by atoms with E-state index < -0.39 is 32.7 Å². The molecule has 0 aliphatic carbocycles. The third-order valence-electron chi connectivity index (χ3n) is 4.98. The number of nitrogen functional groups attached to an aromatic ring is 1. The number of ether oxygens (including phenoxy) is 1. The highest BCUT2D eigenvalue weighted by atomic mass is 35.5. The summed E-state index contributed by atoms with van der Waals surface area (Å²) in [6.07, 6.45) is -1.40. The van der Waals surface area contributed by atoms with E-state index in [0.29, 0.717) is 12.0 Å².